The molecule has 0 aliphatic heterocycles. The van der Waals surface area contributed by atoms with E-state index in [9.17, 15) is 0 Å². The van der Waals surface area contributed by atoms with Crippen LogP contribution < -0.4 is 0 Å². The van der Waals surface area contributed by atoms with Crippen molar-refractivity contribution < 1.29 is 8.83 Å². The van der Waals surface area contributed by atoms with E-state index < -0.39 is 0 Å². The molecule has 0 unspecified atom stereocenters. The Morgan fingerprint density at radius 1 is 0.438 bits per heavy atom. The summed E-state index contributed by atoms with van der Waals surface area (Å²) in [5, 5.41) is 8.18. The number of hydrogen-bond donors (Lipinski definition) is 0. The van der Waals surface area contributed by atoms with Crippen LogP contribution in [0.1, 0.15) is 0 Å². The molecule has 0 amide bonds. The largest absolute Gasteiger partial charge is 0.463 e. The predicted molar refractivity (Wildman–Crippen MR) is 198 cm³/mol. The molecule has 224 valence electrons. The van der Waals surface area contributed by atoms with Crippen molar-refractivity contribution in [3.63, 3.8) is 0 Å². The molecular formula is C45H27NO2. The molecule has 0 radical (unpaired) electrons. The van der Waals surface area contributed by atoms with E-state index in [1.807, 2.05) is 36.6 Å². The molecule has 3 nitrogen and oxygen atoms in total. The van der Waals surface area contributed by atoms with Crippen molar-refractivity contribution in [2.45, 2.75) is 0 Å². The van der Waals surface area contributed by atoms with E-state index >= 15 is 0 Å². The summed E-state index contributed by atoms with van der Waals surface area (Å²) in [7, 11) is 0. The molecule has 0 aliphatic rings. The van der Waals surface area contributed by atoms with Gasteiger partial charge in [0.15, 0.2) is 5.58 Å². The topological polar surface area (TPSA) is 39.2 Å². The highest BCUT2D eigenvalue weighted by atomic mass is 16.3. The van der Waals surface area contributed by atoms with E-state index in [4.69, 9.17) is 13.8 Å². The van der Waals surface area contributed by atoms with Crippen molar-refractivity contribution in [2.24, 2.45) is 0 Å². The van der Waals surface area contributed by atoms with E-state index in [1.54, 1.807) is 0 Å². The number of fused-ring (bicyclic) bond motifs is 6. The molecular weight excluding hydrogens is 587 g/mol. The van der Waals surface area contributed by atoms with Crippen LogP contribution in [0.3, 0.4) is 0 Å². The molecule has 0 saturated heterocycles. The number of nitrogens with zero attached hydrogens (tertiary/aromatic N) is 1. The first kappa shape index (κ1) is 26.7. The maximum Gasteiger partial charge on any atom is 0.227 e. The molecule has 10 aromatic rings. The first-order valence-corrected chi connectivity index (χ1v) is 16.2. The summed E-state index contributed by atoms with van der Waals surface area (Å²) in [5.74, 6) is 0.626. The minimum absolute atomic E-state index is 0.626. The highest BCUT2D eigenvalue weighted by Gasteiger charge is 2.22. The fourth-order valence-corrected chi connectivity index (χ4v) is 7.42. The van der Waals surface area contributed by atoms with Crippen LogP contribution in [0, 0.1) is 0 Å². The van der Waals surface area contributed by atoms with Crippen molar-refractivity contribution in [1.29, 1.82) is 0 Å². The second-order valence-electron chi connectivity index (χ2n) is 12.3. The third kappa shape index (κ3) is 4.04. The van der Waals surface area contributed by atoms with Crippen LogP contribution in [0.4, 0.5) is 0 Å². The summed E-state index contributed by atoms with van der Waals surface area (Å²) in [5.41, 5.74) is 10.2. The monoisotopic (exact) mass is 613 g/mol. The molecule has 0 bridgehead atoms. The highest BCUT2D eigenvalue weighted by molar-refractivity contribution is 6.26. The quantitative estimate of drug-likeness (QED) is 0.185. The second kappa shape index (κ2) is 10.5. The molecule has 2 heterocycles. The molecule has 8 aromatic carbocycles. The maximum atomic E-state index is 6.58. The van der Waals surface area contributed by atoms with Crippen molar-refractivity contribution in [3.05, 3.63) is 164 Å². The van der Waals surface area contributed by atoms with Gasteiger partial charge in [0.1, 0.15) is 11.1 Å². The maximum absolute atomic E-state index is 6.58. The van der Waals surface area contributed by atoms with E-state index in [-0.39, 0.29) is 0 Å². The van der Waals surface area contributed by atoms with Crippen LogP contribution in [0.15, 0.2) is 173 Å². The molecule has 3 heteroatoms. The van der Waals surface area contributed by atoms with Crippen molar-refractivity contribution in [1.82, 2.24) is 4.98 Å². The van der Waals surface area contributed by atoms with Gasteiger partial charge in [-0.05, 0) is 79.3 Å². The number of furan rings is 1. The SMILES string of the molecule is c1ccc(-c2nc3ccc(-c4c5ccccc5c(-c5cc6ccccc6c6c(-c7ccccc7)coc56)c5ccccc45)cc3o2)cc1. The third-order valence-electron chi connectivity index (χ3n) is 9.55. The van der Waals surface area contributed by atoms with Crippen LogP contribution in [0.2, 0.25) is 0 Å². The van der Waals surface area contributed by atoms with Crippen LogP contribution in [0.5, 0.6) is 0 Å². The minimum Gasteiger partial charge on any atom is -0.463 e. The van der Waals surface area contributed by atoms with Crippen molar-refractivity contribution >= 4 is 54.4 Å². The Kier molecular flexibility index (Phi) is 5.87. The molecule has 2 aromatic heterocycles. The van der Waals surface area contributed by atoms with Gasteiger partial charge >= 0.3 is 0 Å². The summed E-state index contributed by atoms with van der Waals surface area (Å²) in [6.45, 7) is 0. The molecule has 48 heavy (non-hydrogen) atoms. The fourth-order valence-electron chi connectivity index (χ4n) is 7.42. The van der Waals surface area contributed by atoms with Crippen LogP contribution in [0.25, 0.3) is 99.2 Å². The number of benzene rings is 8. The Hall–Kier alpha value is -6.45. The smallest absolute Gasteiger partial charge is 0.227 e. The van der Waals surface area contributed by atoms with Gasteiger partial charge in [0.2, 0.25) is 5.89 Å². The molecule has 0 saturated carbocycles. The molecule has 10 rings (SSSR count). The lowest BCUT2D eigenvalue weighted by Crippen LogP contribution is -1.92. The van der Waals surface area contributed by atoms with Gasteiger partial charge in [-0.3, -0.25) is 0 Å². The van der Waals surface area contributed by atoms with Gasteiger partial charge in [-0.25, -0.2) is 4.98 Å². The second-order valence-corrected chi connectivity index (χ2v) is 12.3. The van der Waals surface area contributed by atoms with Crippen LogP contribution >= 0.6 is 0 Å². The zero-order valence-electron chi connectivity index (χ0n) is 25.9. The average Bonchev–Trinajstić information content (AvgIpc) is 3.80. The summed E-state index contributed by atoms with van der Waals surface area (Å²) in [6, 6.07) is 55.3. The highest BCUT2D eigenvalue weighted by Crippen LogP contribution is 2.48. The van der Waals surface area contributed by atoms with Crippen LogP contribution in [-0.2, 0) is 0 Å². The Labute approximate surface area is 276 Å². The van der Waals surface area contributed by atoms with E-state index in [0.29, 0.717) is 5.89 Å². The molecule has 0 fully saturated rings. The van der Waals surface area contributed by atoms with Gasteiger partial charge in [-0.2, -0.15) is 0 Å². The Balaban J connectivity index is 1.27. The van der Waals surface area contributed by atoms with E-state index in [2.05, 4.69) is 127 Å². The molecule has 0 N–H and O–H groups in total. The normalized spacial score (nSPS) is 11.8. The van der Waals surface area contributed by atoms with Gasteiger partial charge in [-0.15, -0.1) is 0 Å². The number of aromatic nitrogens is 1. The third-order valence-corrected chi connectivity index (χ3v) is 9.55. The summed E-state index contributed by atoms with van der Waals surface area (Å²) < 4.78 is 12.9. The first-order chi connectivity index (χ1) is 23.8. The van der Waals surface area contributed by atoms with E-state index in [0.717, 1.165) is 49.9 Å². The molecule has 0 aliphatic carbocycles. The number of oxazole rings is 1. The summed E-state index contributed by atoms with van der Waals surface area (Å²) in [6.07, 6.45) is 1.92. The summed E-state index contributed by atoms with van der Waals surface area (Å²) in [4.78, 5) is 4.80. The zero-order valence-corrected chi connectivity index (χ0v) is 25.9. The average molecular weight is 614 g/mol. The lowest BCUT2D eigenvalue weighted by molar-refractivity contribution is 0.618. The molecule has 0 atom stereocenters. The Morgan fingerprint density at radius 3 is 1.71 bits per heavy atom. The zero-order chi connectivity index (χ0) is 31.6. The van der Waals surface area contributed by atoms with Crippen molar-refractivity contribution in [2.75, 3.05) is 0 Å². The van der Waals surface area contributed by atoms with Gasteiger partial charge in [0.05, 0.1) is 6.26 Å². The fraction of sp³-hybridized carbons (Fsp3) is 0. The first-order valence-electron chi connectivity index (χ1n) is 16.2. The standard InChI is InChI=1S/C45H27NO2/c1-3-13-28(14-4-1)38-27-47-44-37(25-30-17-7-8-18-32(30)43(38)44)42-35-21-11-9-19-33(35)41(34-20-10-12-22-36(34)42)31-23-24-39-40(26-31)48-45(46-39)29-15-5-2-6-16-29/h1-27H. The van der Waals surface area contributed by atoms with Gasteiger partial charge in [0.25, 0.3) is 0 Å². The Bertz CT molecular complexity index is 2770. The molecule has 0 spiro atoms. The predicted octanol–water partition coefficient (Wildman–Crippen LogP) is 12.7. The number of rotatable bonds is 4. The Morgan fingerprint density at radius 2 is 1.02 bits per heavy atom. The lowest BCUT2D eigenvalue weighted by Gasteiger charge is -2.18. The summed E-state index contributed by atoms with van der Waals surface area (Å²) >= 11 is 0. The lowest BCUT2D eigenvalue weighted by atomic mass is 9.84. The van der Waals surface area contributed by atoms with Crippen LogP contribution in [-0.4, -0.2) is 4.98 Å². The van der Waals surface area contributed by atoms with Crippen molar-refractivity contribution in [3.8, 4) is 44.8 Å². The van der Waals surface area contributed by atoms with Gasteiger partial charge in [0, 0.05) is 27.6 Å². The number of hydrogen-bond acceptors (Lipinski definition) is 3. The van der Waals surface area contributed by atoms with E-state index in [1.165, 1.54) is 43.4 Å². The minimum atomic E-state index is 0.626. The van der Waals surface area contributed by atoms with Gasteiger partial charge in [-0.1, -0.05) is 127 Å². The van der Waals surface area contributed by atoms with Gasteiger partial charge < -0.3 is 8.83 Å².